The molecular formula is C12H22O11. The number of aliphatic hydroxyl groups is 9. The number of hydrogen-bond donors (Lipinski definition) is 9. The minimum Gasteiger partial charge on any atom is -0.394 e. The van der Waals surface area contributed by atoms with Crippen LogP contribution >= 0.6 is 0 Å². The van der Waals surface area contributed by atoms with Crippen molar-refractivity contribution in [3.8, 4) is 0 Å². The minimum absolute atomic E-state index is 0.692. The third-order valence-corrected chi connectivity index (χ3v) is 4.60. The van der Waals surface area contributed by atoms with Crippen LogP contribution in [0, 0.1) is 0 Å². The Hall–Kier alpha value is -0.440. The smallest absolute Gasteiger partial charge is 0.184 e. The standard InChI is InChI=1S/C12H22O11/c13-1-4-6(15)8(17)11(20,3-22-4)12(21)7(16)5(2-14)23-10(19)9(12)18/h4-10,13-21H,1-3H2/t4-,5-,6+,7-,8+,9-,10+,11+,12+/m1/s1. The lowest BCUT2D eigenvalue weighted by molar-refractivity contribution is -0.388. The topological polar surface area (TPSA) is 201 Å². The maximum atomic E-state index is 10.7. The molecule has 0 saturated carbocycles. The van der Waals surface area contributed by atoms with Crippen LogP contribution in [0.5, 0.6) is 0 Å². The van der Waals surface area contributed by atoms with Gasteiger partial charge in [0.25, 0.3) is 0 Å². The Morgan fingerprint density at radius 3 is 1.91 bits per heavy atom. The number of hydrogen-bond acceptors (Lipinski definition) is 11. The number of aliphatic hydroxyl groups excluding tert-OH is 7. The highest BCUT2D eigenvalue weighted by atomic mass is 16.6. The zero-order valence-electron chi connectivity index (χ0n) is 12.0. The van der Waals surface area contributed by atoms with Gasteiger partial charge in [0.1, 0.15) is 36.6 Å². The molecule has 0 aromatic carbocycles. The van der Waals surface area contributed by atoms with Gasteiger partial charge in [0.2, 0.25) is 0 Å². The van der Waals surface area contributed by atoms with E-state index in [1.54, 1.807) is 0 Å². The van der Waals surface area contributed by atoms with Crippen molar-refractivity contribution in [2.24, 2.45) is 0 Å². The molecule has 2 fully saturated rings. The lowest BCUT2D eigenvalue weighted by atomic mass is 9.66. The van der Waals surface area contributed by atoms with Gasteiger partial charge in [0, 0.05) is 0 Å². The van der Waals surface area contributed by atoms with E-state index in [1.165, 1.54) is 0 Å². The second-order valence-corrected chi connectivity index (χ2v) is 5.85. The highest BCUT2D eigenvalue weighted by Crippen LogP contribution is 2.42. The van der Waals surface area contributed by atoms with Crippen LogP contribution in [0.15, 0.2) is 0 Å². The Balaban J connectivity index is 2.42. The van der Waals surface area contributed by atoms with Crippen molar-refractivity contribution in [3.63, 3.8) is 0 Å². The molecule has 136 valence electrons. The van der Waals surface area contributed by atoms with Gasteiger partial charge in [-0.15, -0.1) is 0 Å². The normalized spacial score (nSPS) is 54.9. The third kappa shape index (κ3) is 2.58. The van der Waals surface area contributed by atoms with Gasteiger partial charge in [-0.1, -0.05) is 0 Å². The van der Waals surface area contributed by atoms with Gasteiger partial charge >= 0.3 is 0 Å². The molecule has 2 aliphatic rings. The first-order valence-electron chi connectivity index (χ1n) is 6.99. The van der Waals surface area contributed by atoms with E-state index >= 15 is 0 Å². The van der Waals surface area contributed by atoms with Crippen LogP contribution in [-0.4, -0.2) is 120 Å². The average molecular weight is 342 g/mol. The Labute approximate surface area is 130 Å². The lowest BCUT2D eigenvalue weighted by Crippen LogP contribution is -2.82. The maximum Gasteiger partial charge on any atom is 0.184 e. The van der Waals surface area contributed by atoms with Gasteiger partial charge in [-0.25, -0.2) is 0 Å². The van der Waals surface area contributed by atoms with Crippen LogP contribution in [0.25, 0.3) is 0 Å². The van der Waals surface area contributed by atoms with Crippen molar-refractivity contribution in [1.29, 1.82) is 0 Å². The van der Waals surface area contributed by atoms with Crippen LogP contribution < -0.4 is 0 Å². The predicted molar refractivity (Wildman–Crippen MR) is 68.7 cm³/mol. The summed E-state index contributed by atoms with van der Waals surface area (Å²) in [6.45, 7) is -2.45. The molecule has 0 bridgehead atoms. The van der Waals surface area contributed by atoms with E-state index in [1.807, 2.05) is 0 Å². The summed E-state index contributed by atoms with van der Waals surface area (Å²) in [5.41, 5.74) is -5.83. The first-order valence-corrected chi connectivity index (χ1v) is 6.99. The molecule has 9 atom stereocenters. The van der Waals surface area contributed by atoms with Crippen molar-refractivity contribution in [1.82, 2.24) is 0 Å². The zero-order chi connectivity index (χ0) is 17.6. The molecule has 11 heteroatoms. The zero-order valence-corrected chi connectivity index (χ0v) is 12.0. The summed E-state index contributed by atoms with van der Waals surface area (Å²) < 4.78 is 9.67. The molecule has 11 nitrogen and oxygen atoms in total. The molecule has 2 saturated heterocycles. The van der Waals surface area contributed by atoms with E-state index in [-0.39, 0.29) is 0 Å². The summed E-state index contributed by atoms with van der Waals surface area (Å²) in [7, 11) is 0. The molecule has 9 N–H and O–H groups in total. The van der Waals surface area contributed by atoms with Crippen molar-refractivity contribution >= 4 is 0 Å². The highest BCUT2D eigenvalue weighted by Gasteiger charge is 2.70. The Bertz CT molecular complexity index is 422. The fourth-order valence-corrected chi connectivity index (χ4v) is 3.08. The van der Waals surface area contributed by atoms with Gasteiger partial charge < -0.3 is 55.4 Å². The summed E-state index contributed by atoms with van der Waals surface area (Å²) in [6, 6.07) is 0. The Kier molecular flexibility index (Phi) is 5.31. The second kappa shape index (κ2) is 6.46. The third-order valence-electron chi connectivity index (χ3n) is 4.60. The molecular weight excluding hydrogens is 320 g/mol. The number of ether oxygens (including phenoxy) is 2. The summed E-state index contributed by atoms with van der Waals surface area (Å²) in [6.07, 6.45) is -13.4. The van der Waals surface area contributed by atoms with E-state index in [9.17, 15) is 35.7 Å². The Morgan fingerprint density at radius 1 is 0.826 bits per heavy atom. The summed E-state index contributed by atoms with van der Waals surface area (Å²) >= 11 is 0. The van der Waals surface area contributed by atoms with Crippen molar-refractivity contribution in [2.75, 3.05) is 19.8 Å². The van der Waals surface area contributed by atoms with E-state index in [0.717, 1.165) is 0 Å². The summed E-state index contributed by atoms with van der Waals surface area (Å²) in [5.74, 6) is 0. The van der Waals surface area contributed by atoms with E-state index in [4.69, 9.17) is 19.7 Å². The van der Waals surface area contributed by atoms with Gasteiger partial charge in [0.15, 0.2) is 17.5 Å². The molecule has 0 aromatic rings. The minimum atomic E-state index is -3.00. The summed E-state index contributed by atoms with van der Waals surface area (Å²) in [5, 5.41) is 89.3. The van der Waals surface area contributed by atoms with Crippen LogP contribution in [0.2, 0.25) is 0 Å². The molecule has 0 spiro atoms. The monoisotopic (exact) mass is 342 g/mol. The molecule has 0 amide bonds. The molecule has 0 aromatic heterocycles. The second-order valence-electron chi connectivity index (χ2n) is 5.85. The van der Waals surface area contributed by atoms with Crippen molar-refractivity contribution < 1.29 is 55.4 Å². The molecule has 23 heavy (non-hydrogen) atoms. The maximum absolute atomic E-state index is 10.7. The average Bonchev–Trinajstić information content (AvgIpc) is 2.54. The molecule has 2 heterocycles. The molecule has 2 rings (SSSR count). The SMILES string of the molecule is OC[C@H]1OC[C@@](O)([C@@]2(O)[C@H](O)[C@@H](O)O[C@H](CO)[C@H]2O)[C@@H](O)[C@H]1O. The molecule has 2 aliphatic heterocycles. The lowest BCUT2D eigenvalue weighted by Gasteiger charge is -2.57. The van der Waals surface area contributed by atoms with E-state index in [2.05, 4.69) is 0 Å². The van der Waals surface area contributed by atoms with Gasteiger partial charge in [0.05, 0.1) is 19.8 Å². The van der Waals surface area contributed by atoms with Crippen LogP contribution in [0.4, 0.5) is 0 Å². The van der Waals surface area contributed by atoms with Gasteiger partial charge in [-0.2, -0.15) is 0 Å². The molecule has 0 aliphatic carbocycles. The Morgan fingerprint density at radius 2 is 1.39 bits per heavy atom. The van der Waals surface area contributed by atoms with Crippen LogP contribution in [0.3, 0.4) is 0 Å². The molecule has 0 radical (unpaired) electrons. The van der Waals surface area contributed by atoms with Gasteiger partial charge in [-0.05, 0) is 0 Å². The largest absolute Gasteiger partial charge is 0.394 e. The first kappa shape index (κ1) is 18.9. The highest BCUT2D eigenvalue weighted by molar-refractivity contribution is 5.18. The van der Waals surface area contributed by atoms with Crippen molar-refractivity contribution in [3.05, 3.63) is 0 Å². The van der Waals surface area contributed by atoms with E-state index < -0.39 is 73.9 Å². The van der Waals surface area contributed by atoms with Crippen LogP contribution in [0.1, 0.15) is 0 Å². The molecule has 0 unspecified atom stereocenters. The van der Waals surface area contributed by atoms with Crippen molar-refractivity contribution in [2.45, 2.75) is 54.1 Å². The predicted octanol–water partition coefficient (Wildman–Crippen LogP) is -6.01. The summed E-state index contributed by atoms with van der Waals surface area (Å²) in [4.78, 5) is 0. The number of rotatable bonds is 3. The first-order chi connectivity index (χ1) is 10.6. The fourth-order valence-electron chi connectivity index (χ4n) is 3.08. The fraction of sp³-hybridized carbons (Fsp3) is 1.00. The van der Waals surface area contributed by atoms with Gasteiger partial charge in [-0.3, -0.25) is 0 Å². The quantitative estimate of drug-likeness (QED) is 0.236. The van der Waals surface area contributed by atoms with E-state index in [0.29, 0.717) is 0 Å². The van der Waals surface area contributed by atoms with Crippen LogP contribution in [-0.2, 0) is 9.47 Å².